The molecule has 0 saturated carbocycles. The summed E-state index contributed by atoms with van der Waals surface area (Å²) < 4.78 is 10.8. The van der Waals surface area contributed by atoms with E-state index in [0.717, 1.165) is 11.1 Å². The third-order valence-corrected chi connectivity index (χ3v) is 4.76. The van der Waals surface area contributed by atoms with Crippen molar-refractivity contribution in [1.29, 1.82) is 0 Å². The van der Waals surface area contributed by atoms with E-state index in [4.69, 9.17) is 9.47 Å². The molecule has 1 N–H and O–H groups in total. The Bertz CT molecular complexity index is 1030. The van der Waals surface area contributed by atoms with Crippen LogP contribution < -0.4 is 14.9 Å². The second-order valence-corrected chi connectivity index (χ2v) is 7.07. The minimum atomic E-state index is -0.395. The molecule has 30 heavy (non-hydrogen) atoms. The van der Waals surface area contributed by atoms with Crippen molar-refractivity contribution in [2.45, 2.75) is 6.42 Å². The average molecular weight is 420 g/mol. The summed E-state index contributed by atoms with van der Waals surface area (Å²) in [6.07, 6.45) is 3.93. The predicted octanol–water partition coefficient (Wildman–Crippen LogP) is 4.22. The number of hydrogen-bond acceptors (Lipinski definition) is 6. The maximum absolute atomic E-state index is 11.9. The minimum absolute atomic E-state index is 0.150. The standard InChI is InChI=1S/C23H20N2O4S/c1-2-6-18-7-3-4-8-20(18)28-16-22(26)25-24-15-17-10-12-19(13-11-17)29-23(27)21-9-5-14-30-21/h2-5,7-15H,1,6,16H2,(H,25,26)/b24-15-. The number of thiophene rings is 1. The number of rotatable bonds is 9. The molecule has 1 heterocycles. The van der Waals surface area contributed by atoms with Crippen molar-refractivity contribution in [1.82, 2.24) is 5.43 Å². The maximum Gasteiger partial charge on any atom is 0.353 e. The van der Waals surface area contributed by atoms with Crippen molar-refractivity contribution in [3.8, 4) is 11.5 Å². The molecule has 0 aliphatic carbocycles. The number of carbonyl (C=O) groups is 2. The lowest BCUT2D eigenvalue weighted by atomic mass is 10.1. The molecule has 7 heteroatoms. The number of para-hydroxylation sites is 1. The molecule has 152 valence electrons. The van der Waals surface area contributed by atoms with Crippen LogP contribution in [0.4, 0.5) is 0 Å². The Morgan fingerprint density at radius 2 is 1.87 bits per heavy atom. The van der Waals surface area contributed by atoms with E-state index >= 15 is 0 Å². The SMILES string of the molecule is C=CCc1ccccc1OCC(=O)N/N=C\c1ccc(OC(=O)c2cccs2)cc1. The van der Waals surface area contributed by atoms with Gasteiger partial charge in [0.25, 0.3) is 5.91 Å². The van der Waals surface area contributed by atoms with Crippen LogP contribution in [-0.4, -0.2) is 24.7 Å². The van der Waals surface area contributed by atoms with Crippen LogP contribution in [0.1, 0.15) is 20.8 Å². The van der Waals surface area contributed by atoms with Gasteiger partial charge in [0.15, 0.2) is 6.61 Å². The first-order chi connectivity index (χ1) is 14.7. The Balaban J connectivity index is 1.46. The Labute approximate surface area is 178 Å². The zero-order valence-electron chi connectivity index (χ0n) is 16.1. The number of esters is 1. The molecule has 0 atom stereocenters. The average Bonchev–Trinajstić information content (AvgIpc) is 3.30. The van der Waals surface area contributed by atoms with Crippen LogP contribution in [0, 0.1) is 0 Å². The van der Waals surface area contributed by atoms with Crippen LogP contribution in [0.15, 0.2) is 83.8 Å². The number of benzene rings is 2. The van der Waals surface area contributed by atoms with Crippen LogP contribution in [0.5, 0.6) is 11.5 Å². The van der Waals surface area contributed by atoms with E-state index < -0.39 is 5.97 Å². The van der Waals surface area contributed by atoms with Crippen LogP contribution >= 0.6 is 11.3 Å². The Morgan fingerprint density at radius 3 is 2.60 bits per heavy atom. The molecule has 1 aromatic heterocycles. The molecule has 0 unspecified atom stereocenters. The Hall–Kier alpha value is -3.71. The minimum Gasteiger partial charge on any atom is -0.483 e. The molecule has 0 radical (unpaired) electrons. The van der Waals surface area contributed by atoms with Gasteiger partial charge in [0.1, 0.15) is 16.4 Å². The van der Waals surface area contributed by atoms with Gasteiger partial charge in [-0.1, -0.05) is 30.3 Å². The number of hydrazone groups is 1. The topological polar surface area (TPSA) is 77.0 Å². The summed E-state index contributed by atoms with van der Waals surface area (Å²) in [7, 11) is 0. The van der Waals surface area contributed by atoms with Gasteiger partial charge in [0, 0.05) is 0 Å². The van der Waals surface area contributed by atoms with Crippen LogP contribution in [0.2, 0.25) is 0 Å². The first-order valence-corrected chi connectivity index (χ1v) is 10.0. The van der Waals surface area contributed by atoms with Gasteiger partial charge in [-0.25, -0.2) is 10.2 Å². The summed E-state index contributed by atoms with van der Waals surface area (Å²) in [5.74, 6) is 0.305. The fraction of sp³-hybridized carbons (Fsp3) is 0.0870. The van der Waals surface area contributed by atoms with Crippen molar-refractivity contribution >= 4 is 29.4 Å². The molecule has 0 aliphatic rings. The first kappa shape index (κ1) is 21.0. The first-order valence-electron chi connectivity index (χ1n) is 9.15. The van der Waals surface area contributed by atoms with Crippen molar-refractivity contribution in [3.05, 3.63) is 94.7 Å². The van der Waals surface area contributed by atoms with E-state index in [1.807, 2.05) is 29.6 Å². The third kappa shape index (κ3) is 6.15. The molecule has 1 amide bonds. The van der Waals surface area contributed by atoms with Crippen molar-refractivity contribution in [2.24, 2.45) is 5.10 Å². The van der Waals surface area contributed by atoms with Gasteiger partial charge >= 0.3 is 5.97 Å². The van der Waals surface area contributed by atoms with Crippen LogP contribution in [-0.2, 0) is 11.2 Å². The number of amides is 1. The van der Waals surface area contributed by atoms with Gasteiger partial charge in [-0.05, 0) is 59.3 Å². The van der Waals surface area contributed by atoms with E-state index in [0.29, 0.717) is 22.8 Å². The van der Waals surface area contributed by atoms with Gasteiger partial charge in [-0.3, -0.25) is 4.79 Å². The molecule has 0 fully saturated rings. The Kier molecular flexibility index (Phi) is 7.51. The highest BCUT2D eigenvalue weighted by atomic mass is 32.1. The van der Waals surface area contributed by atoms with Crippen molar-refractivity contribution in [2.75, 3.05) is 6.61 Å². The zero-order chi connectivity index (χ0) is 21.2. The molecule has 0 aliphatic heterocycles. The monoisotopic (exact) mass is 420 g/mol. The summed E-state index contributed by atoms with van der Waals surface area (Å²) >= 11 is 1.32. The molecule has 0 spiro atoms. The lowest BCUT2D eigenvalue weighted by molar-refractivity contribution is -0.123. The molecule has 0 saturated heterocycles. The lowest BCUT2D eigenvalue weighted by Crippen LogP contribution is -2.24. The summed E-state index contributed by atoms with van der Waals surface area (Å²) in [4.78, 5) is 24.4. The Morgan fingerprint density at radius 1 is 1.07 bits per heavy atom. The summed E-state index contributed by atoms with van der Waals surface area (Å²) in [5.41, 5.74) is 4.12. The summed E-state index contributed by atoms with van der Waals surface area (Å²) in [6.45, 7) is 3.56. The predicted molar refractivity (Wildman–Crippen MR) is 117 cm³/mol. The summed E-state index contributed by atoms with van der Waals surface area (Å²) in [6, 6.07) is 17.8. The van der Waals surface area contributed by atoms with E-state index in [9.17, 15) is 9.59 Å². The third-order valence-electron chi connectivity index (χ3n) is 3.91. The molecule has 0 bridgehead atoms. The van der Waals surface area contributed by atoms with E-state index in [1.54, 1.807) is 42.5 Å². The van der Waals surface area contributed by atoms with Crippen LogP contribution in [0.3, 0.4) is 0 Å². The summed E-state index contributed by atoms with van der Waals surface area (Å²) in [5, 5.41) is 5.73. The molecule has 6 nitrogen and oxygen atoms in total. The fourth-order valence-electron chi connectivity index (χ4n) is 2.50. The maximum atomic E-state index is 11.9. The highest BCUT2D eigenvalue weighted by Gasteiger charge is 2.09. The van der Waals surface area contributed by atoms with Crippen molar-refractivity contribution in [3.63, 3.8) is 0 Å². The van der Waals surface area contributed by atoms with Gasteiger partial charge in [-0.15, -0.1) is 17.9 Å². The zero-order valence-corrected chi connectivity index (χ0v) is 16.9. The van der Waals surface area contributed by atoms with E-state index in [2.05, 4.69) is 17.1 Å². The second kappa shape index (κ2) is 10.7. The highest BCUT2D eigenvalue weighted by Crippen LogP contribution is 2.18. The number of hydrogen-bond donors (Lipinski definition) is 1. The normalized spacial score (nSPS) is 10.5. The number of carbonyl (C=O) groups excluding carboxylic acids is 2. The fourth-order valence-corrected chi connectivity index (χ4v) is 3.10. The number of nitrogens with zero attached hydrogens (tertiary/aromatic N) is 1. The molecule has 3 aromatic rings. The van der Waals surface area contributed by atoms with E-state index in [-0.39, 0.29) is 12.5 Å². The number of ether oxygens (including phenoxy) is 2. The quantitative estimate of drug-likeness (QED) is 0.185. The van der Waals surface area contributed by atoms with E-state index in [1.165, 1.54) is 17.6 Å². The van der Waals surface area contributed by atoms with Gasteiger partial charge in [0.2, 0.25) is 0 Å². The second-order valence-electron chi connectivity index (χ2n) is 6.12. The lowest BCUT2D eigenvalue weighted by Gasteiger charge is -2.09. The van der Waals surface area contributed by atoms with Crippen LogP contribution in [0.25, 0.3) is 0 Å². The largest absolute Gasteiger partial charge is 0.483 e. The van der Waals surface area contributed by atoms with Crippen molar-refractivity contribution < 1.29 is 19.1 Å². The molecular weight excluding hydrogens is 400 g/mol. The van der Waals surface area contributed by atoms with Gasteiger partial charge in [-0.2, -0.15) is 5.10 Å². The molecule has 2 aromatic carbocycles. The number of nitrogens with one attached hydrogen (secondary N) is 1. The number of allylic oxidation sites excluding steroid dienone is 1. The van der Waals surface area contributed by atoms with Gasteiger partial charge in [0.05, 0.1) is 6.21 Å². The highest BCUT2D eigenvalue weighted by molar-refractivity contribution is 7.12. The molecule has 3 rings (SSSR count). The van der Waals surface area contributed by atoms with Gasteiger partial charge < -0.3 is 9.47 Å². The molecular formula is C23H20N2O4S. The smallest absolute Gasteiger partial charge is 0.353 e.